The van der Waals surface area contributed by atoms with Gasteiger partial charge in [-0.2, -0.15) is 0 Å². The summed E-state index contributed by atoms with van der Waals surface area (Å²) >= 11 is 5.25. The molecule has 0 amide bonds. The third-order valence-electron chi connectivity index (χ3n) is 3.05. The Labute approximate surface area is 120 Å². The van der Waals surface area contributed by atoms with E-state index in [1.54, 1.807) is 11.3 Å². The van der Waals surface area contributed by atoms with Gasteiger partial charge in [0.2, 0.25) is 0 Å². The van der Waals surface area contributed by atoms with Gasteiger partial charge in [-0.1, -0.05) is 23.8 Å². The van der Waals surface area contributed by atoms with E-state index >= 15 is 0 Å². The van der Waals surface area contributed by atoms with Gasteiger partial charge in [0, 0.05) is 11.3 Å². The highest BCUT2D eigenvalue weighted by Crippen LogP contribution is 2.28. The lowest BCUT2D eigenvalue weighted by atomic mass is 9.97. The summed E-state index contributed by atoms with van der Waals surface area (Å²) in [5.74, 6) is 5.72. The van der Waals surface area contributed by atoms with Crippen LogP contribution in [0.5, 0.6) is 0 Å². The van der Waals surface area contributed by atoms with Crippen molar-refractivity contribution in [2.75, 3.05) is 0 Å². The fourth-order valence-electron chi connectivity index (χ4n) is 2.06. The zero-order valence-electron chi connectivity index (χ0n) is 10.5. The van der Waals surface area contributed by atoms with Crippen LogP contribution in [0.25, 0.3) is 0 Å². The minimum absolute atomic E-state index is 0.162. The molecule has 0 spiro atoms. The first kappa shape index (κ1) is 13.7. The quantitative estimate of drug-likeness (QED) is 0.661. The second kappa shape index (κ2) is 5.97. The number of halogens is 1. The van der Waals surface area contributed by atoms with Crippen LogP contribution in [0.15, 0.2) is 34.1 Å². The van der Waals surface area contributed by atoms with E-state index in [-0.39, 0.29) is 6.04 Å². The largest absolute Gasteiger partial charge is 0.271 e. The number of hydrazine groups is 1. The zero-order chi connectivity index (χ0) is 13.1. The molecule has 1 aromatic carbocycles. The maximum absolute atomic E-state index is 5.72. The van der Waals surface area contributed by atoms with Gasteiger partial charge in [-0.3, -0.25) is 11.3 Å². The summed E-state index contributed by atoms with van der Waals surface area (Å²) in [5, 5.41) is 0. The van der Waals surface area contributed by atoms with E-state index in [2.05, 4.69) is 65.5 Å². The second-order valence-corrected chi connectivity index (χ2v) is 7.04. The zero-order valence-corrected chi connectivity index (χ0v) is 12.9. The Bertz CT molecular complexity index is 536. The molecule has 1 unspecified atom stereocenters. The number of hydrogen-bond donors (Lipinski definition) is 2. The van der Waals surface area contributed by atoms with Gasteiger partial charge in [-0.05, 0) is 53.0 Å². The Morgan fingerprint density at radius 1 is 1.28 bits per heavy atom. The van der Waals surface area contributed by atoms with Gasteiger partial charge < -0.3 is 0 Å². The number of nitrogens with one attached hydrogen (secondary N) is 1. The number of aryl methyl sites for hydroxylation is 2. The Morgan fingerprint density at radius 2 is 2.06 bits per heavy atom. The third-order valence-corrected chi connectivity index (χ3v) is 4.69. The van der Waals surface area contributed by atoms with Gasteiger partial charge in [0.15, 0.2) is 0 Å². The van der Waals surface area contributed by atoms with Crippen molar-refractivity contribution in [1.82, 2.24) is 5.43 Å². The number of nitrogens with two attached hydrogens (primary N) is 1. The number of rotatable bonds is 4. The van der Waals surface area contributed by atoms with E-state index in [9.17, 15) is 0 Å². The van der Waals surface area contributed by atoms with Crippen LogP contribution < -0.4 is 11.3 Å². The first-order valence-corrected chi connectivity index (χ1v) is 7.48. The molecule has 3 N–H and O–H groups in total. The van der Waals surface area contributed by atoms with Gasteiger partial charge in [-0.15, -0.1) is 11.3 Å². The van der Waals surface area contributed by atoms with Crippen LogP contribution in [0, 0.1) is 13.8 Å². The van der Waals surface area contributed by atoms with Gasteiger partial charge in [0.1, 0.15) is 0 Å². The summed E-state index contributed by atoms with van der Waals surface area (Å²) in [4.78, 5) is 1.32. The molecule has 0 aliphatic rings. The predicted octanol–water partition coefficient (Wildman–Crippen LogP) is 3.87. The topological polar surface area (TPSA) is 38.0 Å². The van der Waals surface area contributed by atoms with Crippen molar-refractivity contribution in [1.29, 1.82) is 0 Å². The number of benzene rings is 1. The maximum Gasteiger partial charge on any atom is 0.0701 e. The molecule has 2 aromatic rings. The molecule has 2 rings (SSSR count). The summed E-state index contributed by atoms with van der Waals surface area (Å²) < 4.78 is 1.16. The summed E-state index contributed by atoms with van der Waals surface area (Å²) in [6.07, 6.45) is 0.914. The molecule has 96 valence electrons. The molecule has 1 heterocycles. The van der Waals surface area contributed by atoms with Gasteiger partial charge in [0.05, 0.1) is 9.83 Å². The highest BCUT2D eigenvalue weighted by atomic mass is 79.9. The van der Waals surface area contributed by atoms with Gasteiger partial charge in [0.25, 0.3) is 0 Å². The van der Waals surface area contributed by atoms with Crippen LogP contribution in [0.3, 0.4) is 0 Å². The minimum atomic E-state index is 0.162. The van der Waals surface area contributed by atoms with E-state index in [1.165, 1.54) is 21.6 Å². The predicted molar refractivity (Wildman–Crippen MR) is 81.7 cm³/mol. The van der Waals surface area contributed by atoms with Crippen LogP contribution in [-0.2, 0) is 6.42 Å². The Balaban J connectivity index is 2.25. The number of hydrogen-bond acceptors (Lipinski definition) is 3. The normalized spacial score (nSPS) is 12.7. The molecule has 0 fully saturated rings. The molecule has 0 aliphatic carbocycles. The molecule has 0 saturated heterocycles. The molecule has 18 heavy (non-hydrogen) atoms. The Hall–Kier alpha value is -0.680. The van der Waals surface area contributed by atoms with E-state index in [0.29, 0.717) is 0 Å². The second-order valence-electron chi connectivity index (χ2n) is 4.49. The van der Waals surface area contributed by atoms with Crippen LogP contribution in [0.4, 0.5) is 0 Å². The van der Waals surface area contributed by atoms with Crippen molar-refractivity contribution in [3.8, 4) is 0 Å². The van der Waals surface area contributed by atoms with E-state index in [0.717, 1.165) is 10.2 Å². The van der Waals surface area contributed by atoms with Crippen molar-refractivity contribution >= 4 is 27.3 Å². The standard InChI is InChI=1S/C14H17BrN2S/c1-9-3-4-10(2)12(7-9)13(17-16)8-11-5-6-14(15)18-11/h3-7,13,17H,8,16H2,1-2H3. The molecular weight excluding hydrogens is 308 g/mol. The first-order valence-electron chi connectivity index (χ1n) is 5.87. The van der Waals surface area contributed by atoms with Crippen molar-refractivity contribution < 1.29 is 0 Å². The summed E-state index contributed by atoms with van der Waals surface area (Å²) in [6.45, 7) is 4.24. The average molecular weight is 325 g/mol. The molecule has 0 bridgehead atoms. The smallest absolute Gasteiger partial charge is 0.0701 e. The maximum atomic E-state index is 5.72. The van der Waals surface area contributed by atoms with Gasteiger partial charge in [-0.25, -0.2) is 0 Å². The molecule has 0 saturated carbocycles. The van der Waals surface area contributed by atoms with Crippen molar-refractivity contribution in [2.45, 2.75) is 26.3 Å². The lowest BCUT2D eigenvalue weighted by Gasteiger charge is -2.18. The third kappa shape index (κ3) is 3.20. The molecule has 0 radical (unpaired) electrons. The van der Waals surface area contributed by atoms with E-state index in [1.807, 2.05) is 0 Å². The molecule has 1 aromatic heterocycles. The Kier molecular flexibility index (Phi) is 4.56. The average Bonchev–Trinajstić information content (AvgIpc) is 2.75. The number of thiophene rings is 1. The molecule has 0 aliphatic heterocycles. The monoisotopic (exact) mass is 324 g/mol. The first-order chi connectivity index (χ1) is 8.60. The summed E-state index contributed by atoms with van der Waals surface area (Å²) in [5.41, 5.74) is 6.76. The lowest BCUT2D eigenvalue weighted by Crippen LogP contribution is -2.30. The summed E-state index contributed by atoms with van der Waals surface area (Å²) in [7, 11) is 0. The van der Waals surface area contributed by atoms with Crippen molar-refractivity contribution in [3.05, 3.63) is 55.7 Å². The summed E-state index contributed by atoms with van der Waals surface area (Å²) in [6, 6.07) is 10.9. The lowest BCUT2D eigenvalue weighted by molar-refractivity contribution is 0.552. The minimum Gasteiger partial charge on any atom is -0.271 e. The molecule has 2 nitrogen and oxygen atoms in total. The van der Waals surface area contributed by atoms with Crippen molar-refractivity contribution in [3.63, 3.8) is 0 Å². The molecule has 1 atom stereocenters. The van der Waals surface area contributed by atoms with Crippen LogP contribution in [-0.4, -0.2) is 0 Å². The van der Waals surface area contributed by atoms with Gasteiger partial charge >= 0.3 is 0 Å². The fourth-order valence-corrected chi connectivity index (χ4v) is 3.59. The fraction of sp³-hybridized carbons (Fsp3) is 0.286. The van der Waals surface area contributed by atoms with E-state index < -0.39 is 0 Å². The highest BCUT2D eigenvalue weighted by molar-refractivity contribution is 9.11. The van der Waals surface area contributed by atoms with Crippen molar-refractivity contribution in [2.24, 2.45) is 5.84 Å². The Morgan fingerprint density at radius 3 is 2.67 bits per heavy atom. The van der Waals surface area contributed by atoms with E-state index in [4.69, 9.17) is 5.84 Å². The molecular formula is C14H17BrN2S. The van der Waals surface area contributed by atoms with Crippen LogP contribution in [0.1, 0.15) is 27.6 Å². The van der Waals surface area contributed by atoms with Crippen LogP contribution in [0.2, 0.25) is 0 Å². The molecule has 4 heteroatoms. The SMILES string of the molecule is Cc1ccc(C)c(C(Cc2ccc(Br)s2)NN)c1. The van der Waals surface area contributed by atoms with Crippen LogP contribution >= 0.6 is 27.3 Å². The highest BCUT2D eigenvalue weighted by Gasteiger charge is 2.14.